The van der Waals surface area contributed by atoms with Crippen molar-refractivity contribution in [3.05, 3.63) is 28.7 Å². The van der Waals surface area contributed by atoms with Crippen molar-refractivity contribution in [3.63, 3.8) is 0 Å². The molecule has 0 unspecified atom stereocenters. The van der Waals surface area contributed by atoms with Crippen molar-refractivity contribution in [3.8, 4) is 5.75 Å². The first kappa shape index (κ1) is 13.5. The molecule has 1 aromatic rings. The van der Waals surface area contributed by atoms with Crippen LogP contribution in [0.5, 0.6) is 5.75 Å². The maximum Gasteiger partial charge on any atom is 0.749 e. The summed E-state index contributed by atoms with van der Waals surface area (Å²) >= 11 is 3.43. The van der Waals surface area contributed by atoms with Crippen LogP contribution in [0, 0.1) is 0 Å². The van der Waals surface area contributed by atoms with Crippen LogP contribution in [0.25, 0.3) is 0 Å². The molecule has 2 bridgehead atoms. The van der Waals surface area contributed by atoms with Crippen LogP contribution in [0.2, 0.25) is 0 Å². The van der Waals surface area contributed by atoms with Crippen molar-refractivity contribution in [2.75, 3.05) is 39.5 Å². The van der Waals surface area contributed by atoms with Crippen LogP contribution in [0.15, 0.2) is 28.7 Å². The second-order valence-electron chi connectivity index (χ2n) is 4.45. The standard InChI is InChI=1S/C12H16BrNO4Si/c13-11-2-1-3-12(10-11)18-19-15-7-4-14(5-8-16-19)6-9-17-19/h1-3,10H,4-9H2. The van der Waals surface area contributed by atoms with Gasteiger partial charge >= 0.3 is 9.05 Å². The van der Waals surface area contributed by atoms with Crippen molar-refractivity contribution < 1.29 is 17.7 Å². The van der Waals surface area contributed by atoms with E-state index < -0.39 is 9.05 Å². The molecule has 0 N–H and O–H groups in total. The highest BCUT2D eigenvalue weighted by Gasteiger charge is 2.50. The predicted molar refractivity (Wildman–Crippen MR) is 74.8 cm³/mol. The topological polar surface area (TPSA) is 40.2 Å². The molecule has 1 aromatic carbocycles. The van der Waals surface area contributed by atoms with Gasteiger partial charge in [0.1, 0.15) is 5.75 Å². The third-order valence-electron chi connectivity index (χ3n) is 3.10. The van der Waals surface area contributed by atoms with Gasteiger partial charge in [-0.15, -0.1) is 0 Å². The second-order valence-corrected chi connectivity index (χ2v) is 7.43. The third-order valence-corrected chi connectivity index (χ3v) is 5.75. The van der Waals surface area contributed by atoms with Gasteiger partial charge < -0.3 is 17.7 Å². The first-order chi connectivity index (χ1) is 9.26. The minimum Gasteiger partial charge on any atom is -0.480 e. The Labute approximate surface area is 122 Å². The average Bonchev–Trinajstić information content (AvgIpc) is 2.30. The molecule has 104 valence electrons. The van der Waals surface area contributed by atoms with Gasteiger partial charge in [0.15, 0.2) is 0 Å². The summed E-state index contributed by atoms with van der Waals surface area (Å²) in [4.78, 5) is 2.27. The molecule has 3 aliphatic rings. The van der Waals surface area contributed by atoms with Gasteiger partial charge in [0.2, 0.25) is 0 Å². The molecule has 0 atom stereocenters. The maximum atomic E-state index is 5.95. The Kier molecular flexibility index (Phi) is 4.20. The lowest BCUT2D eigenvalue weighted by atomic mass is 10.3. The Hall–Kier alpha value is -0.443. The summed E-state index contributed by atoms with van der Waals surface area (Å²) in [7, 11) is -3.04. The van der Waals surface area contributed by atoms with Crippen LogP contribution in [0.4, 0.5) is 0 Å². The largest absolute Gasteiger partial charge is 0.749 e. The molecule has 7 heteroatoms. The van der Waals surface area contributed by atoms with E-state index >= 15 is 0 Å². The Morgan fingerprint density at radius 1 is 1.05 bits per heavy atom. The Morgan fingerprint density at radius 3 is 2.26 bits per heavy atom. The van der Waals surface area contributed by atoms with Gasteiger partial charge in [-0.05, 0) is 18.2 Å². The van der Waals surface area contributed by atoms with Crippen LogP contribution >= 0.6 is 15.9 Å². The van der Waals surface area contributed by atoms with Crippen molar-refractivity contribution in [1.82, 2.24) is 4.90 Å². The van der Waals surface area contributed by atoms with E-state index in [1.165, 1.54) is 0 Å². The fourth-order valence-corrected chi connectivity index (χ4v) is 4.37. The molecular formula is C12H16BrNO4Si. The van der Waals surface area contributed by atoms with Gasteiger partial charge in [0.05, 0.1) is 19.8 Å². The summed E-state index contributed by atoms with van der Waals surface area (Å²) in [5, 5.41) is 0. The fraction of sp³-hybridized carbons (Fsp3) is 0.500. The highest BCUT2D eigenvalue weighted by Crippen LogP contribution is 2.24. The lowest BCUT2D eigenvalue weighted by molar-refractivity contribution is -0.0496. The monoisotopic (exact) mass is 345 g/mol. The molecule has 3 fully saturated rings. The van der Waals surface area contributed by atoms with Crippen LogP contribution in [0.3, 0.4) is 0 Å². The van der Waals surface area contributed by atoms with Crippen molar-refractivity contribution in [1.29, 1.82) is 0 Å². The van der Waals surface area contributed by atoms with Gasteiger partial charge in [-0.3, -0.25) is 4.90 Å². The van der Waals surface area contributed by atoms with Gasteiger partial charge in [0, 0.05) is 24.1 Å². The minimum absolute atomic E-state index is 0.584. The van der Waals surface area contributed by atoms with Crippen LogP contribution in [-0.4, -0.2) is 53.4 Å². The number of nitrogens with zero attached hydrogens (tertiary/aromatic N) is 1. The zero-order chi connectivity index (χ0) is 13.1. The summed E-state index contributed by atoms with van der Waals surface area (Å²) in [6.07, 6.45) is 0. The Morgan fingerprint density at radius 2 is 1.68 bits per heavy atom. The van der Waals surface area contributed by atoms with E-state index in [0.717, 1.165) is 24.1 Å². The molecule has 3 heterocycles. The van der Waals surface area contributed by atoms with Crippen molar-refractivity contribution >= 4 is 25.0 Å². The summed E-state index contributed by atoms with van der Waals surface area (Å²) < 4.78 is 24.3. The number of benzene rings is 1. The van der Waals surface area contributed by atoms with E-state index in [-0.39, 0.29) is 0 Å². The molecule has 5 nitrogen and oxygen atoms in total. The van der Waals surface area contributed by atoms with E-state index in [1.54, 1.807) is 0 Å². The number of rotatable bonds is 2. The zero-order valence-electron chi connectivity index (χ0n) is 10.5. The lowest BCUT2D eigenvalue weighted by Crippen LogP contribution is -2.59. The van der Waals surface area contributed by atoms with E-state index in [1.807, 2.05) is 24.3 Å². The fourth-order valence-electron chi connectivity index (χ4n) is 2.12. The quantitative estimate of drug-likeness (QED) is 0.762. The van der Waals surface area contributed by atoms with Gasteiger partial charge in [0.25, 0.3) is 0 Å². The molecule has 0 aliphatic carbocycles. The first-order valence-corrected chi connectivity index (χ1v) is 8.77. The normalized spacial score (nSPS) is 31.3. The molecule has 3 saturated heterocycles. The second kappa shape index (κ2) is 5.90. The molecule has 0 saturated carbocycles. The molecule has 19 heavy (non-hydrogen) atoms. The number of halogens is 1. The molecular weight excluding hydrogens is 330 g/mol. The van der Waals surface area contributed by atoms with Crippen LogP contribution in [-0.2, 0) is 13.3 Å². The number of hydrogen-bond acceptors (Lipinski definition) is 5. The lowest BCUT2D eigenvalue weighted by Gasteiger charge is -2.36. The summed E-state index contributed by atoms with van der Waals surface area (Å²) in [5.74, 6) is 0.707. The van der Waals surface area contributed by atoms with E-state index in [2.05, 4.69) is 20.8 Å². The van der Waals surface area contributed by atoms with E-state index in [4.69, 9.17) is 17.7 Å². The van der Waals surface area contributed by atoms with E-state index in [9.17, 15) is 0 Å². The highest BCUT2D eigenvalue weighted by atomic mass is 79.9. The van der Waals surface area contributed by atoms with Crippen LogP contribution < -0.4 is 4.43 Å². The van der Waals surface area contributed by atoms with Crippen molar-refractivity contribution in [2.45, 2.75) is 0 Å². The van der Waals surface area contributed by atoms with Gasteiger partial charge in [-0.2, -0.15) is 0 Å². The molecule has 0 aromatic heterocycles. The van der Waals surface area contributed by atoms with Gasteiger partial charge in [-0.25, -0.2) is 0 Å². The van der Waals surface area contributed by atoms with E-state index in [0.29, 0.717) is 25.6 Å². The highest BCUT2D eigenvalue weighted by molar-refractivity contribution is 9.10. The number of hydrogen-bond donors (Lipinski definition) is 0. The predicted octanol–water partition coefficient (Wildman–Crippen LogP) is 1.64. The van der Waals surface area contributed by atoms with Crippen molar-refractivity contribution in [2.24, 2.45) is 0 Å². The molecule has 0 radical (unpaired) electrons. The van der Waals surface area contributed by atoms with Crippen LogP contribution in [0.1, 0.15) is 0 Å². The summed E-state index contributed by atoms with van der Waals surface area (Å²) in [5.41, 5.74) is 0. The van der Waals surface area contributed by atoms with Gasteiger partial charge in [-0.1, -0.05) is 22.0 Å². The smallest absolute Gasteiger partial charge is 0.480 e. The minimum atomic E-state index is -3.04. The molecule has 0 spiro atoms. The third kappa shape index (κ3) is 3.36. The SMILES string of the molecule is Brc1cccc(O[Si]23OCCN(CCO2)CCO3)c1. The average molecular weight is 346 g/mol. The molecule has 4 rings (SSSR count). The Balaban J connectivity index is 1.79. The Bertz CT molecular complexity index is 421. The molecule has 3 aliphatic heterocycles. The molecule has 0 amide bonds. The zero-order valence-corrected chi connectivity index (χ0v) is 13.1. The number of fused-ring (bicyclic) bond motifs is 6. The maximum absolute atomic E-state index is 5.95. The summed E-state index contributed by atoms with van der Waals surface area (Å²) in [6, 6.07) is 7.63. The summed E-state index contributed by atoms with van der Waals surface area (Å²) in [6.45, 7) is 4.47. The first-order valence-electron chi connectivity index (χ1n) is 6.35.